The zero-order valence-corrected chi connectivity index (χ0v) is 12.3. The molecule has 7 heteroatoms. The molecule has 0 radical (unpaired) electrons. The molecule has 1 aliphatic rings. The zero-order chi connectivity index (χ0) is 15.6. The molecule has 0 bridgehead atoms. The van der Waals surface area contributed by atoms with E-state index in [9.17, 15) is 13.2 Å². The number of aromatic nitrogens is 3. The lowest BCUT2D eigenvalue weighted by atomic mass is 10.0. The average molecular weight is 298 g/mol. The SMILES string of the molecule is CC1(C)C(Nc2nccn3nc(C(F)(F)F)cc23)C1(C)C. The summed E-state index contributed by atoms with van der Waals surface area (Å²) in [7, 11) is 0. The predicted molar refractivity (Wildman–Crippen MR) is 73.0 cm³/mol. The number of halogens is 3. The number of hydrogen-bond donors (Lipinski definition) is 1. The summed E-state index contributed by atoms with van der Waals surface area (Å²) in [6.07, 6.45) is -1.59. The first kappa shape index (κ1) is 14.2. The van der Waals surface area contributed by atoms with E-state index in [0.29, 0.717) is 11.3 Å². The minimum Gasteiger partial charge on any atom is -0.364 e. The molecule has 4 nitrogen and oxygen atoms in total. The normalized spacial score (nSPS) is 20.7. The van der Waals surface area contributed by atoms with Gasteiger partial charge in [0.1, 0.15) is 5.52 Å². The average Bonchev–Trinajstić information content (AvgIpc) is 2.70. The first-order valence-corrected chi connectivity index (χ1v) is 6.73. The molecule has 2 aromatic rings. The first-order chi connectivity index (χ1) is 9.55. The summed E-state index contributed by atoms with van der Waals surface area (Å²) in [6.45, 7) is 8.51. The van der Waals surface area contributed by atoms with Crippen LogP contribution in [-0.4, -0.2) is 20.6 Å². The summed E-state index contributed by atoms with van der Waals surface area (Å²) in [5.74, 6) is 0.434. The van der Waals surface area contributed by atoms with Gasteiger partial charge in [0, 0.05) is 24.5 Å². The maximum absolute atomic E-state index is 12.8. The second-order valence-electron chi connectivity index (χ2n) is 6.65. The molecule has 0 amide bonds. The van der Waals surface area contributed by atoms with Crippen molar-refractivity contribution in [3.8, 4) is 0 Å². The summed E-state index contributed by atoms with van der Waals surface area (Å²) < 4.78 is 39.5. The van der Waals surface area contributed by atoms with Gasteiger partial charge in [-0.1, -0.05) is 27.7 Å². The Kier molecular flexibility index (Phi) is 2.63. The van der Waals surface area contributed by atoms with Crippen molar-refractivity contribution in [2.45, 2.75) is 39.9 Å². The lowest BCUT2D eigenvalue weighted by Crippen LogP contribution is -2.12. The zero-order valence-electron chi connectivity index (χ0n) is 12.3. The molecule has 0 aromatic carbocycles. The molecular weight excluding hydrogens is 281 g/mol. The van der Waals surface area contributed by atoms with Crippen LogP contribution in [0.25, 0.3) is 5.52 Å². The summed E-state index contributed by atoms with van der Waals surface area (Å²) in [4.78, 5) is 4.17. The molecule has 2 heterocycles. The highest BCUT2D eigenvalue weighted by Crippen LogP contribution is 2.63. The molecule has 1 fully saturated rings. The van der Waals surface area contributed by atoms with E-state index >= 15 is 0 Å². The smallest absolute Gasteiger partial charge is 0.364 e. The van der Waals surface area contributed by atoms with E-state index in [-0.39, 0.29) is 16.9 Å². The number of fused-ring (bicyclic) bond motifs is 1. The molecule has 1 N–H and O–H groups in total. The fourth-order valence-corrected chi connectivity index (χ4v) is 2.87. The Morgan fingerprint density at radius 1 is 1.19 bits per heavy atom. The largest absolute Gasteiger partial charge is 0.435 e. The van der Waals surface area contributed by atoms with Gasteiger partial charge in [0.15, 0.2) is 11.5 Å². The van der Waals surface area contributed by atoms with Crippen molar-refractivity contribution >= 4 is 11.3 Å². The summed E-state index contributed by atoms with van der Waals surface area (Å²) in [5.41, 5.74) is -0.445. The predicted octanol–water partition coefficient (Wildman–Crippen LogP) is 3.59. The Labute approximate surface area is 120 Å². The van der Waals surface area contributed by atoms with E-state index in [1.54, 1.807) is 0 Å². The van der Waals surface area contributed by atoms with Gasteiger partial charge in [-0.15, -0.1) is 0 Å². The van der Waals surface area contributed by atoms with Gasteiger partial charge in [-0.2, -0.15) is 18.3 Å². The van der Waals surface area contributed by atoms with Gasteiger partial charge in [-0.05, 0) is 10.8 Å². The van der Waals surface area contributed by atoms with Crippen molar-refractivity contribution in [2.24, 2.45) is 10.8 Å². The van der Waals surface area contributed by atoms with Crippen molar-refractivity contribution in [3.05, 3.63) is 24.2 Å². The molecule has 0 saturated heterocycles. The fourth-order valence-electron chi connectivity index (χ4n) is 2.87. The third-order valence-corrected chi connectivity index (χ3v) is 4.98. The Bertz CT molecular complexity index is 686. The molecule has 0 aliphatic heterocycles. The van der Waals surface area contributed by atoms with Gasteiger partial charge in [0.05, 0.1) is 0 Å². The summed E-state index contributed by atoms with van der Waals surface area (Å²) in [5, 5.41) is 6.82. The van der Waals surface area contributed by atoms with E-state index in [1.165, 1.54) is 16.9 Å². The van der Waals surface area contributed by atoms with Crippen LogP contribution in [-0.2, 0) is 6.18 Å². The van der Waals surface area contributed by atoms with Crippen molar-refractivity contribution in [1.29, 1.82) is 0 Å². The second-order valence-corrected chi connectivity index (χ2v) is 6.65. The van der Waals surface area contributed by atoms with E-state index in [2.05, 4.69) is 43.1 Å². The van der Waals surface area contributed by atoms with Crippen LogP contribution in [0.15, 0.2) is 18.5 Å². The number of alkyl halides is 3. The third-order valence-electron chi connectivity index (χ3n) is 4.98. The number of hydrogen-bond acceptors (Lipinski definition) is 3. The molecule has 21 heavy (non-hydrogen) atoms. The minimum absolute atomic E-state index is 0.0639. The van der Waals surface area contributed by atoms with Gasteiger partial charge in [-0.25, -0.2) is 9.50 Å². The van der Waals surface area contributed by atoms with Crippen molar-refractivity contribution in [3.63, 3.8) is 0 Å². The van der Waals surface area contributed by atoms with Crippen LogP contribution in [0.4, 0.5) is 19.0 Å². The highest BCUT2D eigenvalue weighted by Gasteiger charge is 2.65. The number of nitrogens with zero attached hydrogens (tertiary/aromatic N) is 3. The van der Waals surface area contributed by atoms with Crippen LogP contribution < -0.4 is 5.32 Å². The van der Waals surface area contributed by atoms with Crippen LogP contribution in [0, 0.1) is 10.8 Å². The first-order valence-electron chi connectivity index (χ1n) is 6.73. The Hall–Kier alpha value is -1.79. The van der Waals surface area contributed by atoms with Crippen LogP contribution >= 0.6 is 0 Å². The maximum Gasteiger partial charge on any atom is 0.435 e. The molecule has 0 unspecified atom stereocenters. The topological polar surface area (TPSA) is 42.2 Å². The van der Waals surface area contributed by atoms with E-state index in [1.807, 2.05) is 0 Å². The van der Waals surface area contributed by atoms with Crippen LogP contribution in [0.3, 0.4) is 0 Å². The molecule has 1 saturated carbocycles. The van der Waals surface area contributed by atoms with Crippen molar-refractivity contribution in [1.82, 2.24) is 14.6 Å². The Morgan fingerprint density at radius 2 is 1.81 bits per heavy atom. The lowest BCUT2D eigenvalue weighted by molar-refractivity contribution is -0.141. The van der Waals surface area contributed by atoms with Crippen molar-refractivity contribution in [2.75, 3.05) is 5.32 Å². The van der Waals surface area contributed by atoms with Gasteiger partial charge in [-0.3, -0.25) is 0 Å². The lowest BCUT2D eigenvalue weighted by Gasteiger charge is -2.08. The van der Waals surface area contributed by atoms with Gasteiger partial charge in [0.25, 0.3) is 0 Å². The molecule has 0 atom stereocenters. The fraction of sp³-hybridized carbons (Fsp3) is 0.571. The number of rotatable bonds is 2. The standard InChI is InChI=1S/C14H17F3N4/c1-12(2)11(13(12,3)4)19-10-8-7-9(14(15,16)17)20-21(8)6-5-18-10/h5-7,11H,1-4H3,(H,18,19). The van der Waals surface area contributed by atoms with E-state index in [4.69, 9.17) is 0 Å². The maximum atomic E-state index is 12.8. The van der Waals surface area contributed by atoms with E-state index in [0.717, 1.165) is 6.07 Å². The number of anilines is 1. The molecule has 1 aliphatic carbocycles. The molecule has 114 valence electrons. The quantitative estimate of drug-likeness (QED) is 0.921. The molecule has 0 spiro atoms. The monoisotopic (exact) mass is 298 g/mol. The van der Waals surface area contributed by atoms with Gasteiger partial charge < -0.3 is 5.32 Å². The number of nitrogens with one attached hydrogen (secondary N) is 1. The van der Waals surface area contributed by atoms with Crippen LogP contribution in [0.5, 0.6) is 0 Å². The Morgan fingerprint density at radius 3 is 2.33 bits per heavy atom. The van der Waals surface area contributed by atoms with Crippen LogP contribution in [0.1, 0.15) is 33.4 Å². The molecule has 2 aromatic heterocycles. The molecular formula is C14H17F3N4. The van der Waals surface area contributed by atoms with Gasteiger partial charge >= 0.3 is 6.18 Å². The highest BCUT2D eigenvalue weighted by molar-refractivity contribution is 5.69. The van der Waals surface area contributed by atoms with Crippen molar-refractivity contribution < 1.29 is 13.2 Å². The minimum atomic E-state index is -4.46. The van der Waals surface area contributed by atoms with Crippen LogP contribution in [0.2, 0.25) is 0 Å². The summed E-state index contributed by atoms with van der Waals surface area (Å²) >= 11 is 0. The van der Waals surface area contributed by atoms with Gasteiger partial charge in [0.2, 0.25) is 0 Å². The summed E-state index contributed by atoms with van der Waals surface area (Å²) in [6, 6.07) is 1.19. The third kappa shape index (κ3) is 1.98. The highest BCUT2D eigenvalue weighted by atomic mass is 19.4. The Balaban J connectivity index is 1.99. The molecule has 3 rings (SSSR count). The van der Waals surface area contributed by atoms with E-state index < -0.39 is 11.9 Å². The second kappa shape index (κ2) is 3.90.